The third kappa shape index (κ3) is 2.40. The highest BCUT2D eigenvalue weighted by Crippen LogP contribution is 2.27. The van der Waals surface area contributed by atoms with Crippen molar-refractivity contribution in [3.8, 4) is 0 Å². The zero-order chi connectivity index (χ0) is 11.3. The third-order valence-corrected chi connectivity index (χ3v) is 2.45. The molecule has 1 rings (SSSR count). The Morgan fingerprint density at radius 2 is 2.20 bits per heavy atom. The van der Waals surface area contributed by atoms with Crippen molar-refractivity contribution in [3.63, 3.8) is 0 Å². The van der Waals surface area contributed by atoms with Crippen LogP contribution in [0.1, 0.15) is 6.92 Å². The molecule has 0 saturated carbocycles. The predicted octanol–water partition coefficient (Wildman–Crippen LogP) is 1.05. The molecule has 0 radical (unpaired) electrons. The van der Waals surface area contributed by atoms with E-state index in [2.05, 4.69) is 5.32 Å². The molecule has 2 atom stereocenters. The molecule has 15 heavy (non-hydrogen) atoms. The minimum atomic E-state index is -0.802. The monoisotopic (exact) mass is 213 g/mol. The van der Waals surface area contributed by atoms with Crippen LogP contribution in [0.15, 0.2) is 23.9 Å². The summed E-state index contributed by atoms with van der Waals surface area (Å²) in [4.78, 5) is 0. The molecule has 4 heteroatoms. The number of methoxy groups -OCH3 is 2. The molecule has 0 bridgehead atoms. The van der Waals surface area contributed by atoms with Gasteiger partial charge in [-0.05, 0) is 25.2 Å². The van der Waals surface area contributed by atoms with Gasteiger partial charge in [0, 0.05) is 33.6 Å². The van der Waals surface area contributed by atoms with Crippen LogP contribution in [0.25, 0.3) is 0 Å². The Hall–Kier alpha value is -0.840. The average Bonchev–Trinajstić information content (AvgIpc) is 2.29. The molecule has 2 unspecified atom stereocenters. The number of hydrogen-bond donors (Lipinski definition) is 1. The minimum Gasteiger partial charge on any atom is -0.388 e. The van der Waals surface area contributed by atoms with E-state index < -0.39 is 5.79 Å². The maximum absolute atomic E-state index is 5.61. The van der Waals surface area contributed by atoms with Crippen LogP contribution in [0.2, 0.25) is 0 Å². The van der Waals surface area contributed by atoms with Gasteiger partial charge >= 0.3 is 0 Å². The molecule has 0 aromatic rings. The molecule has 0 spiro atoms. The van der Waals surface area contributed by atoms with Gasteiger partial charge in [0.05, 0.1) is 0 Å². The van der Waals surface area contributed by atoms with E-state index in [1.807, 2.05) is 32.2 Å². The summed E-state index contributed by atoms with van der Waals surface area (Å²) in [6.45, 7) is 2.50. The lowest BCUT2D eigenvalue weighted by Gasteiger charge is -2.36. The Labute approximate surface area is 90.9 Å². The number of ether oxygens (including phenoxy) is 3. The summed E-state index contributed by atoms with van der Waals surface area (Å²) >= 11 is 0. The molecule has 0 aliphatic heterocycles. The summed E-state index contributed by atoms with van der Waals surface area (Å²) in [6, 6.07) is 0. The van der Waals surface area contributed by atoms with E-state index in [-0.39, 0.29) is 6.10 Å². The van der Waals surface area contributed by atoms with Crippen LogP contribution in [0.3, 0.4) is 0 Å². The maximum atomic E-state index is 5.61. The lowest BCUT2D eigenvalue weighted by atomic mass is 10.0. The van der Waals surface area contributed by atoms with Crippen LogP contribution < -0.4 is 5.32 Å². The molecular formula is C11H19NO3. The number of nitrogens with one attached hydrogen (secondary N) is 1. The molecular weight excluding hydrogens is 194 g/mol. The van der Waals surface area contributed by atoms with Crippen LogP contribution in [-0.2, 0) is 14.2 Å². The first-order valence-corrected chi connectivity index (χ1v) is 5.03. The molecule has 1 N–H and O–H groups in total. The van der Waals surface area contributed by atoms with E-state index >= 15 is 0 Å². The van der Waals surface area contributed by atoms with Crippen LogP contribution in [0, 0.1) is 0 Å². The summed E-state index contributed by atoms with van der Waals surface area (Å²) in [5.74, 6) is -0.802. The van der Waals surface area contributed by atoms with E-state index in [1.165, 1.54) is 0 Å². The number of rotatable bonds is 5. The first-order valence-electron chi connectivity index (χ1n) is 5.03. The molecule has 86 valence electrons. The van der Waals surface area contributed by atoms with E-state index in [9.17, 15) is 0 Å². The molecule has 1 aliphatic rings. The molecule has 0 fully saturated rings. The van der Waals surface area contributed by atoms with Gasteiger partial charge < -0.3 is 19.5 Å². The highest BCUT2D eigenvalue weighted by Gasteiger charge is 2.39. The van der Waals surface area contributed by atoms with Gasteiger partial charge in [0.1, 0.15) is 6.10 Å². The van der Waals surface area contributed by atoms with Crippen molar-refractivity contribution in [1.29, 1.82) is 0 Å². The fraction of sp³-hybridized carbons (Fsp3) is 0.636. The van der Waals surface area contributed by atoms with Crippen molar-refractivity contribution in [1.82, 2.24) is 5.32 Å². The Balaban J connectivity index is 2.90. The molecule has 0 saturated heterocycles. The molecule has 1 aliphatic carbocycles. The van der Waals surface area contributed by atoms with Crippen LogP contribution in [-0.4, -0.2) is 39.8 Å². The van der Waals surface area contributed by atoms with Gasteiger partial charge in [0.15, 0.2) is 0 Å². The van der Waals surface area contributed by atoms with Crippen LogP contribution in [0.5, 0.6) is 0 Å². The summed E-state index contributed by atoms with van der Waals surface area (Å²) in [5.41, 5.74) is 0.995. The Morgan fingerprint density at radius 1 is 1.47 bits per heavy atom. The second-order valence-corrected chi connectivity index (χ2v) is 3.22. The van der Waals surface area contributed by atoms with Crippen molar-refractivity contribution in [3.05, 3.63) is 23.9 Å². The third-order valence-electron chi connectivity index (χ3n) is 2.45. The standard InChI is InChI=1S/C11H19NO3/c1-5-15-11(14-4)7-6-9(12-2)8-10(11)13-3/h6-8,10,12H,5H2,1-4H3. The van der Waals surface area contributed by atoms with Gasteiger partial charge in [-0.15, -0.1) is 0 Å². The summed E-state index contributed by atoms with van der Waals surface area (Å²) in [5, 5.41) is 3.06. The molecule has 0 aromatic carbocycles. The van der Waals surface area contributed by atoms with E-state index in [4.69, 9.17) is 14.2 Å². The average molecular weight is 213 g/mol. The fourth-order valence-corrected chi connectivity index (χ4v) is 1.63. The Morgan fingerprint density at radius 3 is 2.67 bits per heavy atom. The molecule has 0 aromatic heterocycles. The van der Waals surface area contributed by atoms with Crippen molar-refractivity contribution >= 4 is 0 Å². The highest BCUT2D eigenvalue weighted by molar-refractivity contribution is 5.28. The second-order valence-electron chi connectivity index (χ2n) is 3.22. The van der Waals surface area contributed by atoms with Crippen molar-refractivity contribution in [2.24, 2.45) is 0 Å². The Kier molecular flexibility index (Phi) is 4.32. The fourth-order valence-electron chi connectivity index (χ4n) is 1.63. The number of likely N-dealkylation sites (N-methyl/N-ethyl adjacent to an activating group) is 1. The minimum absolute atomic E-state index is 0.241. The highest BCUT2D eigenvalue weighted by atomic mass is 16.7. The first-order chi connectivity index (χ1) is 7.22. The summed E-state index contributed by atoms with van der Waals surface area (Å²) < 4.78 is 16.4. The summed E-state index contributed by atoms with van der Waals surface area (Å²) in [6.07, 6.45) is 5.50. The second kappa shape index (κ2) is 5.30. The summed E-state index contributed by atoms with van der Waals surface area (Å²) in [7, 11) is 5.12. The number of hydrogen-bond acceptors (Lipinski definition) is 4. The first kappa shape index (κ1) is 12.2. The number of allylic oxidation sites excluding steroid dienone is 1. The van der Waals surface area contributed by atoms with E-state index in [0.717, 1.165) is 5.70 Å². The van der Waals surface area contributed by atoms with Crippen molar-refractivity contribution in [2.75, 3.05) is 27.9 Å². The van der Waals surface area contributed by atoms with Gasteiger partial charge in [-0.1, -0.05) is 0 Å². The largest absolute Gasteiger partial charge is 0.388 e. The van der Waals surface area contributed by atoms with Gasteiger partial charge in [-0.3, -0.25) is 0 Å². The van der Waals surface area contributed by atoms with Crippen molar-refractivity contribution < 1.29 is 14.2 Å². The van der Waals surface area contributed by atoms with Gasteiger partial charge in [-0.2, -0.15) is 0 Å². The zero-order valence-corrected chi connectivity index (χ0v) is 9.74. The molecule has 4 nitrogen and oxygen atoms in total. The SMILES string of the molecule is CCOC1(OC)C=CC(NC)=CC1OC. The normalized spacial score (nSPS) is 30.1. The predicted molar refractivity (Wildman–Crippen MR) is 58.4 cm³/mol. The Bertz CT molecular complexity index is 263. The van der Waals surface area contributed by atoms with E-state index in [0.29, 0.717) is 6.61 Å². The van der Waals surface area contributed by atoms with Crippen LogP contribution in [0.4, 0.5) is 0 Å². The molecule has 0 amide bonds. The zero-order valence-electron chi connectivity index (χ0n) is 9.74. The lowest BCUT2D eigenvalue weighted by molar-refractivity contribution is -0.232. The van der Waals surface area contributed by atoms with Gasteiger partial charge in [0.25, 0.3) is 0 Å². The van der Waals surface area contributed by atoms with Crippen LogP contribution >= 0.6 is 0 Å². The smallest absolute Gasteiger partial charge is 0.218 e. The molecule has 0 heterocycles. The topological polar surface area (TPSA) is 39.7 Å². The quantitative estimate of drug-likeness (QED) is 0.693. The van der Waals surface area contributed by atoms with Crippen molar-refractivity contribution in [2.45, 2.75) is 18.8 Å². The van der Waals surface area contributed by atoms with E-state index in [1.54, 1.807) is 14.2 Å². The maximum Gasteiger partial charge on any atom is 0.218 e. The van der Waals surface area contributed by atoms with Gasteiger partial charge in [0.2, 0.25) is 5.79 Å². The lowest BCUT2D eigenvalue weighted by Crippen LogP contribution is -2.47. The van der Waals surface area contributed by atoms with Gasteiger partial charge in [-0.25, -0.2) is 0 Å².